The predicted molar refractivity (Wildman–Crippen MR) is 50.1 cm³/mol. The fourth-order valence-corrected chi connectivity index (χ4v) is 3.90. The molecule has 0 unspecified atom stereocenters. The number of hydrogen-bond donors (Lipinski definition) is 0. The lowest BCUT2D eigenvalue weighted by atomic mass is 9.70. The Kier molecular flexibility index (Phi) is 1.52. The summed E-state index contributed by atoms with van der Waals surface area (Å²) < 4.78 is 0. The molecule has 3 fully saturated rings. The maximum atomic E-state index is 2.81. The summed E-state index contributed by atoms with van der Waals surface area (Å²) in [5.74, 6) is 1.10. The van der Waals surface area contributed by atoms with E-state index in [-0.39, 0.29) is 0 Å². The molecule has 0 aromatic rings. The van der Waals surface area contributed by atoms with Crippen molar-refractivity contribution < 1.29 is 0 Å². The van der Waals surface area contributed by atoms with E-state index >= 15 is 0 Å². The summed E-state index contributed by atoms with van der Waals surface area (Å²) in [7, 11) is 0. The highest BCUT2D eigenvalue weighted by Crippen LogP contribution is 2.47. The SMILES string of the molecule is C1C[C@H]2CCN3CCC[C@]3(C1)C2. The van der Waals surface area contributed by atoms with E-state index in [4.69, 9.17) is 0 Å². The van der Waals surface area contributed by atoms with Crippen LogP contribution in [0.25, 0.3) is 0 Å². The molecule has 1 heteroatoms. The van der Waals surface area contributed by atoms with Crippen LogP contribution in [0, 0.1) is 5.92 Å². The van der Waals surface area contributed by atoms with E-state index in [9.17, 15) is 0 Å². The zero-order valence-electron chi connectivity index (χ0n) is 7.89. The number of hydrogen-bond acceptors (Lipinski definition) is 1. The Morgan fingerprint density at radius 1 is 1.00 bits per heavy atom. The Bertz CT molecular complexity index is 189. The molecule has 0 N–H and O–H groups in total. The van der Waals surface area contributed by atoms with Crippen LogP contribution >= 0.6 is 0 Å². The topological polar surface area (TPSA) is 3.24 Å². The summed E-state index contributed by atoms with van der Waals surface area (Å²) >= 11 is 0. The van der Waals surface area contributed by atoms with E-state index in [1.807, 2.05) is 0 Å². The zero-order valence-corrected chi connectivity index (χ0v) is 7.89. The third-order valence-electron chi connectivity index (χ3n) is 4.47. The minimum absolute atomic E-state index is 0.723. The second-order valence-corrected chi connectivity index (χ2v) is 5.07. The number of rotatable bonds is 0. The van der Waals surface area contributed by atoms with Crippen LogP contribution in [0.15, 0.2) is 0 Å². The fourth-order valence-electron chi connectivity index (χ4n) is 3.90. The van der Waals surface area contributed by atoms with Crippen molar-refractivity contribution in [2.75, 3.05) is 13.1 Å². The summed E-state index contributed by atoms with van der Waals surface area (Å²) in [6, 6.07) is 0. The Morgan fingerprint density at radius 2 is 1.92 bits per heavy atom. The molecule has 2 atom stereocenters. The van der Waals surface area contributed by atoms with Crippen molar-refractivity contribution in [2.45, 2.75) is 50.5 Å². The van der Waals surface area contributed by atoms with Crippen LogP contribution in [0.5, 0.6) is 0 Å². The summed E-state index contributed by atoms with van der Waals surface area (Å²) in [6.45, 7) is 2.83. The largest absolute Gasteiger partial charge is 0.298 e. The smallest absolute Gasteiger partial charge is 0.0212 e. The summed E-state index contributed by atoms with van der Waals surface area (Å²) in [6.07, 6.45) is 10.6. The van der Waals surface area contributed by atoms with Gasteiger partial charge in [-0.15, -0.1) is 0 Å². The lowest BCUT2D eigenvalue weighted by molar-refractivity contribution is 0.0187. The van der Waals surface area contributed by atoms with Crippen LogP contribution in [0.2, 0.25) is 0 Å². The molecule has 2 aliphatic heterocycles. The van der Waals surface area contributed by atoms with Crippen LogP contribution in [-0.2, 0) is 0 Å². The normalized spacial score (nSPS) is 47.5. The molecule has 1 aliphatic carbocycles. The van der Waals surface area contributed by atoms with Crippen molar-refractivity contribution in [3.63, 3.8) is 0 Å². The third-order valence-corrected chi connectivity index (χ3v) is 4.47. The maximum absolute atomic E-state index is 2.81. The third kappa shape index (κ3) is 0.891. The quantitative estimate of drug-likeness (QED) is 0.533. The molecule has 2 bridgehead atoms. The average molecular weight is 165 g/mol. The summed E-state index contributed by atoms with van der Waals surface area (Å²) in [5, 5.41) is 0. The molecule has 3 rings (SSSR count). The van der Waals surface area contributed by atoms with Gasteiger partial charge in [-0.05, 0) is 51.1 Å². The predicted octanol–water partition coefficient (Wildman–Crippen LogP) is 2.41. The molecule has 0 amide bonds. The second kappa shape index (κ2) is 2.47. The number of fused-ring (bicyclic) bond motifs is 1. The van der Waals surface area contributed by atoms with E-state index in [0.29, 0.717) is 0 Å². The van der Waals surface area contributed by atoms with E-state index in [2.05, 4.69) is 4.90 Å². The van der Waals surface area contributed by atoms with Gasteiger partial charge in [0.15, 0.2) is 0 Å². The molecule has 1 nitrogen and oxygen atoms in total. The molecule has 12 heavy (non-hydrogen) atoms. The Morgan fingerprint density at radius 3 is 2.92 bits per heavy atom. The molecule has 1 saturated carbocycles. The first-order valence-electron chi connectivity index (χ1n) is 5.64. The first kappa shape index (κ1) is 7.37. The standard InChI is InChI=1S/C11H19N/c1-3-10-4-8-12-7-2-6-11(12,5-1)9-10/h10H,1-9H2/t10-,11+/m0/s1. The molecule has 68 valence electrons. The lowest BCUT2D eigenvalue weighted by Crippen LogP contribution is -2.51. The minimum atomic E-state index is 0.723. The number of nitrogens with zero attached hydrogens (tertiary/aromatic N) is 1. The van der Waals surface area contributed by atoms with Crippen molar-refractivity contribution in [1.82, 2.24) is 4.90 Å². The molecule has 0 radical (unpaired) electrons. The van der Waals surface area contributed by atoms with Gasteiger partial charge >= 0.3 is 0 Å². The van der Waals surface area contributed by atoms with Gasteiger partial charge in [-0.1, -0.05) is 12.8 Å². The monoisotopic (exact) mass is 165 g/mol. The Hall–Kier alpha value is -0.0400. The highest BCUT2D eigenvalue weighted by atomic mass is 15.2. The van der Waals surface area contributed by atoms with E-state index in [0.717, 1.165) is 11.5 Å². The summed E-state index contributed by atoms with van der Waals surface area (Å²) in [5.41, 5.74) is 0.723. The van der Waals surface area contributed by atoms with Crippen LogP contribution in [0.1, 0.15) is 44.9 Å². The Labute approximate surface area is 75.1 Å². The van der Waals surface area contributed by atoms with Crippen LogP contribution in [-0.4, -0.2) is 23.5 Å². The van der Waals surface area contributed by atoms with Crippen molar-refractivity contribution in [2.24, 2.45) is 5.92 Å². The van der Waals surface area contributed by atoms with Gasteiger partial charge in [0.05, 0.1) is 0 Å². The molecular formula is C11H19N. The summed E-state index contributed by atoms with van der Waals surface area (Å²) in [4.78, 5) is 2.81. The van der Waals surface area contributed by atoms with Crippen LogP contribution < -0.4 is 0 Å². The van der Waals surface area contributed by atoms with Gasteiger partial charge in [-0.2, -0.15) is 0 Å². The second-order valence-electron chi connectivity index (χ2n) is 5.07. The van der Waals surface area contributed by atoms with Crippen molar-refractivity contribution in [1.29, 1.82) is 0 Å². The van der Waals surface area contributed by atoms with Crippen molar-refractivity contribution in [3.8, 4) is 0 Å². The first-order valence-corrected chi connectivity index (χ1v) is 5.64. The first-order chi connectivity index (χ1) is 5.89. The van der Waals surface area contributed by atoms with E-state index in [1.165, 1.54) is 51.6 Å². The maximum Gasteiger partial charge on any atom is 0.0212 e. The molecular weight excluding hydrogens is 146 g/mol. The van der Waals surface area contributed by atoms with Gasteiger partial charge in [0.1, 0.15) is 0 Å². The average Bonchev–Trinajstić information content (AvgIpc) is 2.46. The van der Waals surface area contributed by atoms with E-state index < -0.39 is 0 Å². The van der Waals surface area contributed by atoms with Gasteiger partial charge in [0.2, 0.25) is 0 Å². The lowest BCUT2D eigenvalue weighted by Gasteiger charge is -2.49. The molecule has 0 aromatic heterocycles. The van der Waals surface area contributed by atoms with E-state index in [1.54, 1.807) is 6.42 Å². The number of piperidine rings is 1. The van der Waals surface area contributed by atoms with Crippen LogP contribution in [0.4, 0.5) is 0 Å². The molecule has 3 aliphatic rings. The van der Waals surface area contributed by atoms with Gasteiger partial charge in [-0.3, -0.25) is 4.90 Å². The van der Waals surface area contributed by atoms with Crippen LogP contribution in [0.3, 0.4) is 0 Å². The fraction of sp³-hybridized carbons (Fsp3) is 1.00. The molecule has 1 spiro atoms. The Balaban J connectivity index is 1.89. The van der Waals surface area contributed by atoms with Gasteiger partial charge in [0.25, 0.3) is 0 Å². The van der Waals surface area contributed by atoms with Gasteiger partial charge in [-0.25, -0.2) is 0 Å². The minimum Gasteiger partial charge on any atom is -0.298 e. The van der Waals surface area contributed by atoms with Gasteiger partial charge in [0, 0.05) is 5.54 Å². The highest BCUT2D eigenvalue weighted by molar-refractivity contribution is 5.02. The van der Waals surface area contributed by atoms with Crippen molar-refractivity contribution >= 4 is 0 Å². The molecule has 0 aromatic carbocycles. The van der Waals surface area contributed by atoms with Crippen molar-refractivity contribution in [3.05, 3.63) is 0 Å². The zero-order chi connectivity index (χ0) is 8.02. The highest BCUT2D eigenvalue weighted by Gasteiger charge is 2.46. The molecule has 2 heterocycles. The van der Waals surface area contributed by atoms with Gasteiger partial charge < -0.3 is 0 Å². The molecule has 2 saturated heterocycles.